The third-order valence-corrected chi connectivity index (χ3v) is 3.31. The highest BCUT2D eigenvalue weighted by Gasteiger charge is 2.24. The van der Waals surface area contributed by atoms with Crippen molar-refractivity contribution in [3.8, 4) is 0 Å². The van der Waals surface area contributed by atoms with Crippen molar-refractivity contribution in [1.82, 2.24) is 9.88 Å². The second-order valence-corrected chi connectivity index (χ2v) is 4.30. The van der Waals surface area contributed by atoms with E-state index in [1.54, 1.807) is 6.20 Å². The van der Waals surface area contributed by atoms with Gasteiger partial charge in [-0.05, 0) is 44.5 Å². The van der Waals surface area contributed by atoms with Gasteiger partial charge in [-0.2, -0.15) is 0 Å². The SMILES string of the molecule is CC(C(N)c1cccnc1)N1CCCC1. The van der Waals surface area contributed by atoms with Crippen molar-refractivity contribution < 1.29 is 0 Å². The number of rotatable bonds is 3. The van der Waals surface area contributed by atoms with Crippen molar-refractivity contribution in [3.63, 3.8) is 0 Å². The first-order valence-corrected chi connectivity index (χ1v) is 5.68. The molecule has 3 heteroatoms. The molecule has 15 heavy (non-hydrogen) atoms. The van der Waals surface area contributed by atoms with Crippen LogP contribution >= 0.6 is 0 Å². The molecule has 2 unspecified atom stereocenters. The topological polar surface area (TPSA) is 42.1 Å². The van der Waals surface area contributed by atoms with Crippen LogP contribution < -0.4 is 5.73 Å². The molecule has 1 aromatic rings. The van der Waals surface area contributed by atoms with Crippen LogP contribution in [0.3, 0.4) is 0 Å². The minimum Gasteiger partial charge on any atom is -0.323 e. The van der Waals surface area contributed by atoms with E-state index in [0.29, 0.717) is 6.04 Å². The van der Waals surface area contributed by atoms with Crippen LogP contribution in [0.1, 0.15) is 31.4 Å². The lowest BCUT2D eigenvalue weighted by atomic mass is 10.0. The Morgan fingerprint density at radius 2 is 2.13 bits per heavy atom. The molecule has 82 valence electrons. The molecule has 3 nitrogen and oxygen atoms in total. The van der Waals surface area contributed by atoms with Crippen molar-refractivity contribution in [2.75, 3.05) is 13.1 Å². The molecular weight excluding hydrogens is 186 g/mol. The third kappa shape index (κ3) is 2.36. The zero-order chi connectivity index (χ0) is 10.7. The highest BCUT2D eigenvalue weighted by Crippen LogP contribution is 2.21. The fourth-order valence-corrected chi connectivity index (χ4v) is 2.23. The van der Waals surface area contributed by atoms with E-state index in [1.165, 1.54) is 25.9 Å². The monoisotopic (exact) mass is 205 g/mol. The van der Waals surface area contributed by atoms with Gasteiger partial charge in [-0.3, -0.25) is 9.88 Å². The molecule has 1 aliphatic rings. The van der Waals surface area contributed by atoms with E-state index >= 15 is 0 Å². The number of hydrogen-bond donors (Lipinski definition) is 1. The van der Waals surface area contributed by atoms with Crippen LogP contribution in [0, 0.1) is 0 Å². The van der Waals surface area contributed by atoms with Gasteiger partial charge in [0.25, 0.3) is 0 Å². The first-order valence-electron chi connectivity index (χ1n) is 5.68. The summed E-state index contributed by atoms with van der Waals surface area (Å²) in [5, 5.41) is 0. The molecular formula is C12H19N3. The Balaban J connectivity index is 2.03. The normalized spacial score (nSPS) is 21.5. The zero-order valence-corrected chi connectivity index (χ0v) is 9.26. The van der Waals surface area contributed by atoms with Gasteiger partial charge in [0.2, 0.25) is 0 Å². The molecule has 1 aromatic heterocycles. The molecule has 0 bridgehead atoms. The Kier molecular flexibility index (Phi) is 3.34. The summed E-state index contributed by atoms with van der Waals surface area (Å²) in [7, 11) is 0. The van der Waals surface area contributed by atoms with E-state index in [9.17, 15) is 0 Å². The van der Waals surface area contributed by atoms with Crippen LogP contribution in [0.25, 0.3) is 0 Å². The van der Waals surface area contributed by atoms with Crippen LogP contribution in [0.5, 0.6) is 0 Å². The number of nitrogens with two attached hydrogens (primary N) is 1. The Labute approximate surface area is 91.3 Å². The summed E-state index contributed by atoms with van der Waals surface area (Å²) in [6.45, 7) is 4.59. The van der Waals surface area contributed by atoms with Gasteiger partial charge in [0, 0.05) is 24.5 Å². The summed E-state index contributed by atoms with van der Waals surface area (Å²) >= 11 is 0. The first kappa shape index (κ1) is 10.6. The predicted molar refractivity (Wildman–Crippen MR) is 61.4 cm³/mol. The van der Waals surface area contributed by atoms with E-state index in [0.717, 1.165) is 5.56 Å². The quantitative estimate of drug-likeness (QED) is 0.814. The molecule has 2 heterocycles. The maximum absolute atomic E-state index is 6.24. The van der Waals surface area contributed by atoms with E-state index in [4.69, 9.17) is 5.73 Å². The maximum atomic E-state index is 6.24. The van der Waals surface area contributed by atoms with Gasteiger partial charge in [-0.25, -0.2) is 0 Å². The summed E-state index contributed by atoms with van der Waals surface area (Å²) in [6.07, 6.45) is 6.28. The lowest BCUT2D eigenvalue weighted by molar-refractivity contribution is 0.227. The van der Waals surface area contributed by atoms with Crippen LogP contribution in [0.15, 0.2) is 24.5 Å². The molecule has 0 radical (unpaired) electrons. The van der Waals surface area contributed by atoms with Crippen molar-refractivity contribution in [2.45, 2.75) is 31.8 Å². The average molecular weight is 205 g/mol. The first-order chi connectivity index (χ1) is 7.29. The van der Waals surface area contributed by atoms with E-state index in [2.05, 4.69) is 22.9 Å². The number of hydrogen-bond acceptors (Lipinski definition) is 3. The Morgan fingerprint density at radius 1 is 1.40 bits per heavy atom. The smallest absolute Gasteiger partial charge is 0.0465 e. The lowest BCUT2D eigenvalue weighted by Gasteiger charge is -2.29. The summed E-state index contributed by atoms with van der Waals surface area (Å²) in [5.41, 5.74) is 7.37. The molecule has 1 aliphatic heterocycles. The third-order valence-electron chi connectivity index (χ3n) is 3.31. The molecule has 1 saturated heterocycles. The van der Waals surface area contributed by atoms with Crippen molar-refractivity contribution >= 4 is 0 Å². The van der Waals surface area contributed by atoms with Gasteiger partial charge in [0.1, 0.15) is 0 Å². The van der Waals surface area contributed by atoms with Gasteiger partial charge in [-0.1, -0.05) is 6.07 Å². The van der Waals surface area contributed by atoms with E-state index in [1.807, 2.05) is 12.3 Å². The number of aromatic nitrogens is 1. The summed E-state index contributed by atoms with van der Waals surface area (Å²) in [4.78, 5) is 6.59. The molecule has 2 N–H and O–H groups in total. The summed E-state index contributed by atoms with van der Waals surface area (Å²) < 4.78 is 0. The number of pyridine rings is 1. The Bertz CT molecular complexity index is 293. The lowest BCUT2D eigenvalue weighted by Crippen LogP contribution is -2.39. The Hall–Kier alpha value is -0.930. The van der Waals surface area contributed by atoms with E-state index in [-0.39, 0.29) is 6.04 Å². The van der Waals surface area contributed by atoms with Crippen LogP contribution in [0.2, 0.25) is 0 Å². The zero-order valence-electron chi connectivity index (χ0n) is 9.26. The molecule has 0 aliphatic carbocycles. The van der Waals surface area contributed by atoms with Crippen LogP contribution in [-0.2, 0) is 0 Å². The fourth-order valence-electron chi connectivity index (χ4n) is 2.23. The highest BCUT2D eigenvalue weighted by molar-refractivity contribution is 5.15. The van der Waals surface area contributed by atoms with Crippen LogP contribution in [-0.4, -0.2) is 29.0 Å². The van der Waals surface area contributed by atoms with Crippen molar-refractivity contribution in [3.05, 3.63) is 30.1 Å². The minimum absolute atomic E-state index is 0.0804. The molecule has 2 atom stereocenters. The van der Waals surface area contributed by atoms with Gasteiger partial charge in [0.15, 0.2) is 0 Å². The molecule has 0 amide bonds. The van der Waals surface area contributed by atoms with Gasteiger partial charge in [-0.15, -0.1) is 0 Å². The maximum Gasteiger partial charge on any atom is 0.0465 e. The van der Waals surface area contributed by atoms with E-state index < -0.39 is 0 Å². The predicted octanol–water partition coefficient (Wildman–Crippen LogP) is 1.57. The minimum atomic E-state index is 0.0804. The number of likely N-dealkylation sites (tertiary alicyclic amines) is 1. The summed E-state index contributed by atoms with van der Waals surface area (Å²) in [6, 6.07) is 4.50. The van der Waals surface area contributed by atoms with Gasteiger partial charge < -0.3 is 5.73 Å². The average Bonchev–Trinajstić information content (AvgIpc) is 2.82. The summed E-state index contributed by atoms with van der Waals surface area (Å²) in [5.74, 6) is 0. The number of nitrogens with zero attached hydrogens (tertiary/aromatic N) is 2. The van der Waals surface area contributed by atoms with Gasteiger partial charge >= 0.3 is 0 Å². The molecule has 1 fully saturated rings. The second kappa shape index (κ2) is 4.73. The molecule has 2 rings (SSSR count). The molecule has 0 aromatic carbocycles. The van der Waals surface area contributed by atoms with Gasteiger partial charge in [0.05, 0.1) is 0 Å². The molecule has 0 spiro atoms. The Morgan fingerprint density at radius 3 is 2.73 bits per heavy atom. The fraction of sp³-hybridized carbons (Fsp3) is 0.583. The largest absolute Gasteiger partial charge is 0.323 e. The second-order valence-electron chi connectivity index (χ2n) is 4.30. The highest BCUT2D eigenvalue weighted by atomic mass is 15.2. The van der Waals surface area contributed by atoms with Crippen LogP contribution in [0.4, 0.5) is 0 Å². The standard InChI is InChI=1S/C12H19N3/c1-10(15-7-2-3-8-15)12(13)11-5-4-6-14-9-11/h4-6,9-10,12H,2-3,7-8,13H2,1H3. The van der Waals surface area contributed by atoms with Crippen molar-refractivity contribution in [2.24, 2.45) is 5.73 Å². The van der Waals surface area contributed by atoms with Crippen molar-refractivity contribution in [1.29, 1.82) is 0 Å². The molecule has 0 saturated carbocycles.